The van der Waals surface area contributed by atoms with Gasteiger partial charge in [0.25, 0.3) is 0 Å². The van der Waals surface area contributed by atoms with Crippen LogP contribution in [0.25, 0.3) is 0 Å². The summed E-state index contributed by atoms with van der Waals surface area (Å²) in [6, 6.07) is 18.0. The normalized spacial score (nSPS) is 9.47. The molecule has 0 fully saturated rings. The van der Waals surface area contributed by atoms with E-state index >= 15 is 0 Å². The van der Waals surface area contributed by atoms with Crippen molar-refractivity contribution in [1.82, 2.24) is 0 Å². The Morgan fingerprint density at radius 2 is 1.59 bits per heavy atom. The number of para-hydroxylation sites is 1. The fraction of sp³-hybridized carbons (Fsp3) is 0.143. The SMILES string of the molecule is Cl.OCc1cccc(CNc2ccccc2)c1. The zero-order valence-corrected chi connectivity index (χ0v) is 10.3. The predicted octanol–water partition coefficient (Wildman–Crippen LogP) is 3.21. The van der Waals surface area contributed by atoms with Crippen molar-refractivity contribution in [3.05, 3.63) is 65.7 Å². The summed E-state index contributed by atoms with van der Waals surface area (Å²) < 4.78 is 0. The molecule has 0 aromatic heterocycles. The first kappa shape index (κ1) is 13.6. The quantitative estimate of drug-likeness (QED) is 0.872. The maximum absolute atomic E-state index is 9.03. The van der Waals surface area contributed by atoms with Gasteiger partial charge in [0.05, 0.1) is 6.61 Å². The van der Waals surface area contributed by atoms with E-state index in [-0.39, 0.29) is 19.0 Å². The molecule has 17 heavy (non-hydrogen) atoms. The Balaban J connectivity index is 0.00000144. The third-order valence-corrected chi connectivity index (χ3v) is 2.44. The molecule has 0 aliphatic rings. The molecule has 0 heterocycles. The lowest BCUT2D eigenvalue weighted by Gasteiger charge is -2.07. The standard InChI is InChI=1S/C14H15NO.ClH/c16-11-13-6-4-5-12(9-13)10-15-14-7-2-1-3-8-14;/h1-9,15-16H,10-11H2;1H. The van der Waals surface area contributed by atoms with Crippen molar-refractivity contribution < 1.29 is 5.11 Å². The summed E-state index contributed by atoms with van der Waals surface area (Å²) in [6.07, 6.45) is 0. The van der Waals surface area contributed by atoms with Gasteiger partial charge in [-0.1, -0.05) is 42.5 Å². The topological polar surface area (TPSA) is 32.3 Å². The minimum absolute atomic E-state index is 0. The van der Waals surface area contributed by atoms with Crippen LogP contribution < -0.4 is 5.32 Å². The Kier molecular flexibility index (Phi) is 5.53. The highest BCUT2D eigenvalue weighted by molar-refractivity contribution is 5.85. The summed E-state index contributed by atoms with van der Waals surface area (Å²) >= 11 is 0. The summed E-state index contributed by atoms with van der Waals surface area (Å²) in [4.78, 5) is 0. The summed E-state index contributed by atoms with van der Waals surface area (Å²) in [5, 5.41) is 12.4. The van der Waals surface area contributed by atoms with Gasteiger partial charge in [-0.15, -0.1) is 12.4 Å². The van der Waals surface area contributed by atoms with Crippen LogP contribution in [-0.4, -0.2) is 5.11 Å². The lowest BCUT2D eigenvalue weighted by Crippen LogP contribution is -1.99. The zero-order chi connectivity index (χ0) is 11.2. The van der Waals surface area contributed by atoms with Gasteiger partial charge in [-0.05, 0) is 23.3 Å². The summed E-state index contributed by atoms with van der Waals surface area (Å²) in [5.74, 6) is 0. The second-order valence-electron chi connectivity index (χ2n) is 3.70. The van der Waals surface area contributed by atoms with Gasteiger partial charge >= 0.3 is 0 Å². The highest BCUT2D eigenvalue weighted by Crippen LogP contribution is 2.10. The van der Waals surface area contributed by atoms with E-state index in [1.807, 2.05) is 48.5 Å². The van der Waals surface area contributed by atoms with Gasteiger partial charge in [0.1, 0.15) is 0 Å². The van der Waals surface area contributed by atoms with Crippen LogP contribution in [0.1, 0.15) is 11.1 Å². The molecule has 0 saturated carbocycles. The fourth-order valence-electron chi connectivity index (χ4n) is 1.60. The second kappa shape index (κ2) is 6.94. The molecule has 0 aliphatic heterocycles. The van der Waals surface area contributed by atoms with Crippen molar-refractivity contribution in [3.8, 4) is 0 Å². The van der Waals surface area contributed by atoms with Crippen LogP contribution >= 0.6 is 12.4 Å². The van der Waals surface area contributed by atoms with E-state index in [9.17, 15) is 0 Å². The van der Waals surface area contributed by atoms with Gasteiger partial charge in [-0.3, -0.25) is 0 Å². The van der Waals surface area contributed by atoms with Crippen molar-refractivity contribution in [1.29, 1.82) is 0 Å². The van der Waals surface area contributed by atoms with Crippen molar-refractivity contribution in [2.24, 2.45) is 0 Å². The number of rotatable bonds is 4. The van der Waals surface area contributed by atoms with E-state index in [1.165, 1.54) is 5.56 Å². The molecule has 0 spiro atoms. The molecule has 0 atom stereocenters. The first-order chi connectivity index (χ1) is 7.88. The number of halogens is 1. The molecule has 90 valence electrons. The van der Waals surface area contributed by atoms with Crippen molar-refractivity contribution in [2.45, 2.75) is 13.2 Å². The van der Waals surface area contributed by atoms with E-state index < -0.39 is 0 Å². The number of hydrogen-bond acceptors (Lipinski definition) is 2. The first-order valence-electron chi connectivity index (χ1n) is 5.36. The number of anilines is 1. The third kappa shape index (κ3) is 4.10. The lowest BCUT2D eigenvalue weighted by atomic mass is 10.1. The molecule has 2 aromatic rings. The Labute approximate surface area is 108 Å². The minimum Gasteiger partial charge on any atom is -0.392 e. The lowest BCUT2D eigenvalue weighted by molar-refractivity contribution is 0.281. The third-order valence-electron chi connectivity index (χ3n) is 2.44. The zero-order valence-electron chi connectivity index (χ0n) is 9.47. The number of nitrogens with one attached hydrogen (secondary N) is 1. The number of aliphatic hydroxyl groups excluding tert-OH is 1. The predicted molar refractivity (Wildman–Crippen MR) is 73.4 cm³/mol. The molecular weight excluding hydrogens is 234 g/mol. The van der Waals surface area contributed by atoms with Crippen molar-refractivity contribution >= 4 is 18.1 Å². The number of benzene rings is 2. The fourth-order valence-corrected chi connectivity index (χ4v) is 1.60. The van der Waals surface area contributed by atoms with Gasteiger partial charge in [-0.2, -0.15) is 0 Å². The van der Waals surface area contributed by atoms with E-state index in [4.69, 9.17) is 5.11 Å². The molecule has 0 amide bonds. The Morgan fingerprint density at radius 1 is 0.882 bits per heavy atom. The summed E-state index contributed by atoms with van der Waals surface area (Å²) in [5.41, 5.74) is 3.24. The Bertz CT molecular complexity index is 445. The van der Waals surface area contributed by atoms with Gasteiger partial charge in [0.15, 0.2) is 0 Å². The molecule has 0 saturated heterocycles. The van der Waals surface area contributed by atoms with E-state index in [1.54, 1.807) is 0 Å². The average molecular weight is 250 g/mol. The van der Waals surface area contributed by atoms with Crippen LogP contribution in [-0.2, 0) is 13.2 Å². The molecule has 3 heteroatoms. The van der Waals surface area contributed by atoms with Crippen LogP contribution in [0.2, 0.25) is 0 Å². The first-order valence-corrected chi connectivity index (χ1v) is 5.36. The Morgan fingerprint density at radius 3 is 2.29 bits per heavy atom. The highest BCUT2D eigenvalue weighted by atomic mass is 35.5. The second-order valence-corrected chi connectivity index (χ2v) is 3.70. The molecule has 2 rings (SSSR count). The average Bonchev–Trinajstić information content (AvgIpc) is 2.38. The molecule has 2 aromatic carbocycles. The van der Waals surface area contributed by atoms with E-state index in [0.29, 0.717) is 0 Å². The van der Waals surface area contributed by atoms with Crippen molar-refractivity contribution in [2.75, 3.05) is 5.32 Å². The van der Waals surface area contributed by atoms with Crippen LogP contribution in [0.5, 0.6) is 0 Å². The molecular formula is C14H16ClNO. The smallest absolute Gasteiger partial charge is 0.0681 e. The summed E-state index contributed by atoms with van der Waals surface area (Å²) in [7, 11) is 0. The van der Waals surface area contributed by atoms with E-state index in [2.05, 4.69) is 11.4 Å². The maximum Gasteiger partial charge on any atom is 0.0681 e. The van der Waals surface area contributed by atoms with Gasteiger partial charge < -0.3 is 10.4 Å². The number of hydrogen-bond donors (Lipinski definition) is 2. The van der Waals surface area contributed by atoms with Crippen molar-refractivity contribution in [3.63, 3.8) is 0 Å². The summed E-state index contributed by atoms with van der Waals surface area (Å²) in [6.45, 7) is 0.872. The molecule has 0 radical (unpaired) electrons. The van der Waals surface area contributed by atoms with Gasteiger partial charge in [0, 0.05) is 12.2 Å². The van der Waals surface area contributed by atoms with Crippen LogP contribution in [0.15, 0.2) is 54.6 Å². The molecule has 0 aliphatic carbocycles. The maximum atomic E-state index is 9.03. The number of aliphatic hydroxyl groups is 1. The molecule has 0 bridgehead atoms. The minimum atomic E-state index is 0. The van der Waals surface area contributed by atoms with Crippen LogP contribution in [0.4, 0.5) is 5.69 Å². The van der Waals surface area contributed by atoms with Gasteiger partial charge in [0.2, 0.25) is 0 Å². The Hall–Kier alpha value is -1.51. The highest BCUT2D eigenvalue weighted by Gasteiger charge is 1.95. The van der Waals surface area contributed by atoms with E-state index in [0.717, 1.165) is 17.8 Å². The monoisotopic (exact) mass is 249 g/mol. The molecule has 2 N–H and O–H groups in total. The van der Waals surface area contributed by atoms with Crippen LogP contribution in [0, 0.1) is 0 Å². The molecule has 2 nitrogen and oxygen atoms in total. The van der Waals surface area contributed by atoms with Crippen LogP contribution in [0.3, 0.4) is 0 Å². The van der Waals surface area contributed by atoms with Gasteiger partial charge in [-0.25, -0.2) is 0 Å². The largest absolute Gasteiger partial charge is 0.392 e. The molecule has 0 unspecified atom stereocenters.